The van der Waals surface area contributed by atoms with E-state index in [1.807, 2.05) is 44.3 Å². The number of nitrogens with zero attached hydrogens (tertiary/aromatic N) is 5. The lowest BCUT2D eigenvalue weighted by Crippen LogP contribution is -2.34. The molecule has 0 unspecified atom stereocenters. The molecular formula is C20H29N5O3. The highest BCUT2D eigenvalue weighted by Crippen LogP contribution is 2.40. The zero-order valence-corrected chi connectivity index (χ0v) is 17.5. The van der Waals surface area contributed by atoms with Crippen LogP contribution < -0.4 is 0 Å². The van der Waals surface area contributed by atoms with Gasteiger partial charge in [0.05, 0.1) is 23.9 Å². The van der Waals surface area contributed by atoms with E-state index in [0.717, 1.165) is 29.1 Å². The zero-order valence-electron chi connectivity index (χ0n) is 17.5. The first-order valence-electron chi connectivity index (χ1n) is 9.68. The number of aromatic nitrogens is 4. The Balaban J connectivity index is 1.83. The van der Waals surface area contributed by atoms with Gasteiger partial charge in [0.2, 0.25) is 0 Å². The predicted molar refractivity (Wildman–Crippen MR) is 104 cm³/mol. The third kappa shape index (κ3) is 3.95. The van der Waals surface area contributed by atoms with Gasteiger partial charge in [0, 0.05) is 38.4 Å². The van der Waals surface area contributed by atoms with Crippen LogP contribution in [-0.2, 0) is 30.2 Å². The van der Waals surface area contributed by atoms with E-state index in [9.17, 15) is 9.59 Å². The van der Waals surface area contributed by atoms with Crippen LogP contribution in [0.25, 0.3) is 0 Å². The maximum absolute atomic E-state index is 13.3. The van der Waals surface area contributed by atoms with Crippen LogP contribution in [0.2, 0.25) is 0 Å². The molecule has 0 bridgehead atoms. The molecule has 0 aromatic carbocycles. The highest BCUT2D eigenvalue weighted by atomic mass is 16.5. The third-order valence-corrected chi connectivity index (χ3v) is 5.48. The van der Waals surface area contributed by atoms with Crippen LogP contribution in [-0.4, -0.2) is 49.5 Å². The number of hydrogen-bond donors (Lipinski definition) is 0. The van der Waals surface area contributed by atoms with Crippen molar-refractivity contribution in [2.75, 3.05) is 13.2 Å². The standard InChI is InChI=1S/C20H29N5O3/c1-7-28-20(27)16-9-15(16)10-25(11-17-13(3)22-23(5)14(17)4)19(26)18-8-12(2)21-24(18)6/h8,15-16H,7,9-11H2,1-6H3/t15-,16-/m0/s1. The molecule has 2 aromatic rings. The van der Waals surface area contributed by atoms with Crippen LogP contribution in [0, 0.1) is 32.6 Å². The number of aryl methyl sites for hydroxylation is 4. The smallest absolute Gasteiger partial charge is 0.309 e. The Morgan fingerprint density at radius 3 is 2.46 bits per heavy atom. The lowest BCUT2D eigenvalue weighted by atomic mass is 10.1. The van der Waals surface area contributed by atoms with Crippen molar-refractivity contribution in [2.45, 2.75) is 40.7 Å². The Kier molecular flexibility index (Phi) is 5.58. The topological polar surface area (TPSA) is 82.2 Å². The second-order valence-corrected chi connectivity index (χ2v) is 7.61. The molecule has 0 N–H and O–H groups in total. The average molecular weight is 387 g/mol. The lowest BCUT2D eigenvalue weighted by Gasteiger charge is -2.23. The van der Waals surface area contributed by atoms with Crippen molar-refractivity contribution < 1.29 is 14.3 Å². The number of esters is 1. The van der Waals surface area contributed by atoms with Gasteiger partial charge in [-0.15, -0.1) is 0 Å². The number of ether oxygens (including phenoxy) is 1. The minimum atomic E-state index is -0.162. The molecule has 28 heavy (non-hydrogen) atoms. The minimum Gasteiger partial charge on any atom is -0.466 e. The van der Waals surface area contributed by atoms with Crippen LogP contribution in [0.4, 0.5) is 0 Å². The van der Waals surface area contributed by atoms with Crippen LogP contribution in [0.15, 0.2) is 6.07 Å². The molecule has 1 aliphatic rings. The van der Waals surface area contributed by atoms with Crippen molar-refractivity contribution in [3.63, 3.8) is 0 Å². The normalized spacial score (nSPS) is 18.2. The fraction of sp³-hybridized carbons (Fsp3) is 0.600. The molecule has 1 saturated carbocycles. The quantitative estimate of drug-likeness (QED) is 0.678. The molecular weight excluding hydrogens is 358 g/mol. The van der Waals surface area contributed by atoms with Gasteiger partial charge in [-0.3, -0.25) is 19.0 Å². The van der Waals surface area contributed by atoms with E-state index in [2.05, 4.69) is 10.2 Å². The van der Waals surface area contributed by atoms with Gasteiger partial charge in [0.25, 0.3) is 5.91 Å². The molecule has 1 aliphatic carbocycles. The Morgan fingerprint density at radius 2 is 1.93 bits per heavy atom. The number of hydrogen-bond acceptors (Lipinski definition) is 5. The van der Waals surface area contributed by atoms with Crippen molar-refractivity contribution >= 4 is 11.9 Å². The Labute approximate surface area is 165 Å². The van der Waals surface area contributed by atoms with E-state index in [0.29, 0.717) is 25.4 Å². The summed E-state index contributed by atoms with van der Waals surface area (Å²) in [7, 11) is 3.68. The predicted octanol–water partition coefficient (Wildman–Crippen LogP) is 1.92. The molecule has 0 radical (unpaired) electrons. The first-order valence-corrected chi connectivity index (χ1v) is 9.68. The van der Waals surface area contributed by atoms with E-state index < -0.39 is 0 Å². The minimum absolute atomic E-state index is 0.0831. The summed E-state index contributed by atoms with van der Waals surface area (Å²) in [5.41, 5.74) is 4.34. The molecule has 8 heteroatoms. The number of amides is 1. The monoisotopic (exact) mass is 387 g/mol. The van der Waals surface area contributed by atoms with Crippen LogP contribution in [0.1, 0.15) is 46.5 Å². The van der Waals surface area contributed by atoms with Crippen molar-refractivity contribution in [2.24, 2.45) is 25.9 Å². The Hall–Kier alpha value is -2.64. The van der Waals surface area contributed by atoms with Crippen molar-refractivity contribution in [3.8, 4) is 0 Å². The Morgan fingerprint density at radius 1 is 1.21 bits per heavy atom. The summed E-state index contributed by atoms with van der Waals surface area (Å²) < 4.78 is 8.58. The van der Waals surface area contributed by atoms with Gasteiger partial charge in [0.1, 0.15) is 5.69 Å². The van der Waals surface area contributed by atoms with E-state index in [-0.39, 0.29) is 23.7 Å². The highest BCUT2D eigenvalue weighted by molar-refractivity contribution is 5.92. The van der Waals surface area contributed by atoms with Crippen LogP contribution in [0.3, 0.4) is 0 Å². The highest BCUT2D eigenvalue weighted by Gasteiger charge is 2.45. The first kappa shape index (κ1) is 20.1. The number of carbonyl (C=O) groups excluding carboxylic acids is 2. The number of carbonyl (C=O) groups is 2. The SMILES string of the molecule is CCOC(=O)[C@H]1C[C@H]1CN(Cc1c(C)nn(C)c1C)C(=O)c1cc(C)nn1C. The fourth-order valence-corrected chi connectivity index (χ4v) is 3.70. The fourth-order valence-electron chi connectivity index (χ4n) is 3.70. The molecule has 0 saturated heterocycles. The maximum Gasteiger partial charge on any atom is 0.309 e. The molecule has 1 fully saturated rings. The molecule has 3 rings (SSSR count). The van der Waals surface area contributed by atoms with E-state index in [1.165, 1.54) is 0 Å². The summed E-state index contributed by atoms with van der Waals surface area (Å²) in [4.78, 5) is 27.1. The summed E-state index contributed by atoms with van der Waals surface area (Å²) >= 11 is 0. The van der Waals surface area contributed by atoms with Gasteiger partial charge in [-0.2, -0.15) is 10.2 Å². The van der Waals surface area contributed by atoms with Gasteiger partial charge in [-0.05, 0) is 46.1 Å². The molecule has 2 atom stereocenters. The average Bonchev–Trinajstić information content (AvgIpc) is 3.26. The summed E-state index contributed by atoms with van der Waals surface area (Å²) in [5.74, 6) is -0.223. The molecule has 2 heterocycles. The first-order chi connectivity index (χ1) is 13.2. The summed E-state index contributed by atoms with van der Waals surface area (Å²) in [6, 6.07) is 1.80. The second-order valence-electron chi connectivity index (χ2n) is 7.61. The summed E-state index contributed by atoms with van der Waals surface area (Å²) in [6.07, 6.45) is 0.762. The molecule has 0 aliphatic heterocycles. The van der Waals surface area contributed by atoms with Crippen LogP contribution >= 0.6 is 0 Å². The Bertz CT molecular complexity index is 898. The lowest BCUT2D eigenvalue weighted by molar-refractivity contribution is -0.145. The molecule has 152 valence electrons. The number of rotatable bonds is 7. The van der Waals surface area contributed by atoms with Gasteiger partial charge >= 0.3 is 5.97 Å². The molecule has 1 amide bonds. The van der Waals surface area contributed by atoms with Crippen molar-refractivity contribution in [1.82, 2.24) is 24.5 Å². The summed E-state index contributed by atoms with van der Waals surface area (Å²) in [6.45, 7) is 8.99. The molecule has 8 nitrogen and oxygen atoms in total. The van der Waals surface area contributed by atoms with Crippen molar-refractivity contribution in [1.29, 1.82) is 0 Å². The largest absolute Gasteiger partial charge is 0.466 e. The van der Waals surface area contributed by atoms with Gasteiger partial charge in [-0.25, -0.2) is 0 Å². The molecule has 0 spiro atoms. The van der Waals surface area contributed by atoms with Gasteiger partial charge < -0.3 is 9.64 Å². The van der Waals surface area contributed by atoms with E-state index in [1.54, 1.807) is 17.8 Å². The van der Waals surface area contributed by atoms with Crippen LogP contribution in [0.5, 0.6) is 0 Å². The molecule has 2 aromatic heterocycles. The van der Waals surface area contributed by atoms with Crippen molar-refractivity contribution in [3.05, 3.63) is 34.4 Å². The van der Waals surface area contributed by atoms with E-state index >= 15 is 0 Å². The zero-order chi connectivity index (χ0) is 20.6. The van der Waals surface area contributed by atoms with Gasteiger partial charge in [0.15, 0.2) is 0 Å². The van der Waals surface area contributed by atoms with Gasteiger partial charge in [-0.1, -0.05) is 0 Å². The second kappa shape index (κ2) is 7.77. The van der Waals surface area contributed by atoms with E-state index in [4.69, 9.17) is 4.74 Å². The maximum atomic E-state index is 13.3. The summed E-state index contributed by atoms with van der Waals surface area (Å²) in [5, 5.41) is 8.77. The third-order valence-electron chi connectivity index (χ3n) is 5.48.